The van der Waals surface area contributed by atoms with Crippen LogP contribution in [0.3, 0.4) is 0 Å². The van der Waals surface area contributed by atoms with E-state index in [1.807, 2.05) is 12.1 Å². The molecule has 1 unspecified atom stereocenters. The van der Waals surface area contributed by atoms with Gasteiger partial charge in [0.2, 0.25) is 0 Å². The Bertz CT molecular complexity index is 565. The van der Waals surface area contributed by atoms with Crippen molar-refractivity contribution >= 4 is 11.9 Å². The second-order valence-corrected chi connectivity index (χ2v) is 6.50. The van der Waals surface area contributed by atoms with Gasteiger partial charge in [-0.05, 0) is 48.9 Å². The van der Waals surface area contributed by atoms with E-state index in [-0.39, 0.29) is 17.9 Å². The fourth-order valence-electron chi connectivity index (χ4n) is 3.20. The van der Waals surface area contributed by atoms with Crippen molar-refractivity contribution in [2.75, 3.05) is 13.7 Å². The molecule has 0 bridgehead atoms. The number of carbonyl (C=O) groups excluding carboxylic acids is 2. The molecule has 0 radical (unpaired) electrons. The van der Waals surface area contributed by atoms with E-state index in [1.54, 1.807) is 6.07 Å². The molecule has 0 amide bonds. The molecule has 0 saturated heterocycles. The van der Waals surface area contributed by atoms with Crippen molar-refractivity contribution in [2.24, 2.45) is 5.92 Å². The molecule has 0 spiro atoms. The Morgan fingerprint density at radius 1 is 1.12 bits per heavy atom. The summed E-state index contributed by atoms with van der Waals surface area (Å²) in [6.45, 7) is 2.72. The van der Waals surface area contributed by atoms with E-state index < -0.39 is 0 Å². The monoisotopic (exact) mass is 332 g/mol. The van der Waals surface area contributed by atoms with Gasteiger partial charge in [-0.3, -0.25) is 4.79 Å². The third kappa shape index (κ3) is 5.08. The number of esters is 2. The summed E-state index contributed by atoms with van der Waals surface area (Å²) in [4.78, 5) is 23.8. The van der Waals surface area contributed by atoms with Crippen LogP contribution in [0.5, 0.6) is 0 Å². The standard InChI is InChI=1S/C20H28O4/c1-3-4-5-6-7-12-24-20(22)18-11-9-15-13-17(19(21)23-2)10-8-16(15)14-18/h8,10,13,18H,3-7,9,11-12,14H2,1-2H3. The Kier molecular flexibility index (Phi) is 7.29. The topological polar surface area (TPSA) is 52.6 Å². The number of ether oxygens (including phenoxy) is 2. The maximum Gasteiger partial charge on any atom is 0.337 e. The van der Waals surface area contributed by atoms with E-state index in [1.165, 1.54) is 26.4 Å². The first kappa shape index (κ1) is 18.5. The van der Waals surface area contributed by atoms with E-state index in [0.717, 1.165) is 36.8 Å². The van der Waals surface area contributed by atoms with Crippen molar-refractivity contribution in [3.63, 3.8) is 0 Å². The van der Waals surface area contributed by atoms with Crippen LogP contribution in [0.25, 0.3) is 0 Å². The summed E-state index contributed by atoms with van der Waals surface area (Å²) in [5.74, 6) is -0.451. The summed E-state index contributed by atoms with van der Waals surface area (Å²) in [5.41, 5.74) is 2.85. The Morgan fingerprint density at radius 2 is 1.92 bits per heavy atom. The first-order valence-corrected chi connectivity index (χ1v) is 9.02. The molecule has 0 N–H and O–H groups in total. The molecule has 4 nitrogen and oxygen atoms in total. The summed E-state index contributed by atoms with van der Waals surface area (Å²) in [7, 11) is 1.38. The van der Waals surface area contributed by atoms with Gasteiger partial charge in [0.15, 0.2) is 0 Å². The van der Waals surface area contributed by atoms with E-state index in [2.05, 4.69) is 6.92 Å². The van der Waals surface area contributed by atoms with Crippen molar-refractivity contribution in [3.8, 4) is 0 Å². The number of methoxy groups -OCH3 is 1. The third-order valence-corrected chi connectivity index (χ3v) is 4.68. The number of carbonyl (C=O) groups is 2. The Labute approximate surface area is 144 Å². The van der Waals surface area contributed by atoms with Gasteiger partial charge in [0, 0.05) is 0 Å². The van der Waals surface area contributed by atoms with E-state index in [9.17, 15) is 9.59 Å². The van der Waals surface area contributed by atoms with Gasteiger partial charge in [0.25, 0.3) is 0 Å². The molecule has 0 saturated carbocycles. The van der Waals surface area contributed by atoms with Crippen LogP contribution in [-0.2, 0) is 27.1 Å². The van der Waals surface area contributed by atoms with Gasteiger partial charge >= 0.3 is 11.9 Å². The van der Waals surface area contributed by atoms with Crippen LogP contribution in [0.1, 0.15) is 66.9 Å². The first-order chi connectivity index (χ1) is 11.7. The number of rotatable bonds is 8. The van der Waals surface area contributed by atoms with Crippen molar-refractivity contribution in [3.05, 3.63) is 34.9 Å². The highest BCUT2D eigenvalue weighted by molar-refractivity contribution is 5.89. The normalized spacial score (nSPS) is 16.3. The number of benzene rings is 1. The molecule has 1 aromatic carbocycles. The van der Waals surface area contributed by atoms with Gasteiger partial charge in [-0.1, -0.05) is 38.7 Å². The van der Waals surface area contributed by atoms with Crippen LogP contribution in [0.4, 0.5) is 0 Å². The molecule has 1 aliphatic carbocycles. The van der Waals surface area contributed by atoms with Crippen molar-refractivity contribution < 1.29 is 19.1 Å². The predicted molar refractivity (Wildman–Crippen MR) is 93.0 cm³/mol. The van der Waals surface area contributed by atoms with E-state index in [4.69, 9.17) is 9.47 Å². The second-order valence-electron chi connectivity index (χ2n) is 6.50. The summed E-state index contributed by atoms with van der Waals surface area (Å²) in [5, 5.41) is 0. The zero-order valence-corrected chi connectivity index (χ0v) is 14.8. The maximum atomic E-state index is 12.2. The molecule has 24 heavy (non-hydrogen) atoms. The van der Waals surface area contributed by atoms with Crippen molar-refractivity contribution in [1.29, 1.82) is 0 Å². The number of aryl methyl sites for hydroxylation is 1. The average Bonchev–Trinajstić information content (AvgIpc) is 2.62. The smallest absolute Gasteiger partial charge is 0.337 e. The molecule has 0 aliphatic heterocycles. The van der Waals surface area contributed by atoms with Crippen LogP contribution in [0.15, 0.2) is 18.2 Å². The molecule has 0 aromatic heterocycles. The molecule has 2 rings (SSSR count). The quantitative estimate of drug-likeness (QED) is 0.531. The fraction of sp³-hybridized carbons (Fsp3) is 0.600. The molecule has 4 heteroatoms. The van der Waals surface area contributed by atoms with Gasteiger partial charge in [0.1, 0.15) is 0 Å². The van der Waals surface area contributed by atoms with E-state index >= 15 is 0 Å². The highest BCUT2D eigenvalue weighted by atomic mass is 16.5. The minimum Gasteiger partial charge on any atom is -0.465 e. The highest BCUT2D eigenvalue weighted by Crippen LogP contribution is 2.27. The van der Waals surface area contributed by atoms with Gasteiger partial charge < -0.3 is 9.47 Å². The highest BCUT2D eigenvalue weighted by Gasteiger charge is 2.26. The van der Waals surface area contributed by atoms with Crippen LogP contribution < -0.4 is 0 Å². The fourth-order valence-corrected chi connectivity index (χ4v) is 3.20. The van der Waals surface area contributed by atoms with Crippen LogP contribution in [-0.4, -0.2) is 25.7 Å². The Balaban J connectivity index is 1.81. The molecule has 1 atom stereocenters. The lowest BCUT2D eigenvalue weighted by Crippen LogP contribution is -2.25. The average molecular weight is 332 g/mol. The first-order valence-electron chi connectivity index (χ1n) is 9.02. The summed E-state index contributed by atoms with van der Waals surface area (Å²) < 4.78 is 10.2. The molecule has 132 valence electrons. The predicted octanol–water partition coefficient (Wildman–Crippen LogP) is 4.09. The summed E-state index contributed by atoms with van der Waals surface area (Å²) in [6, 6.07) is 5.59. The largest absolute Gasteiger partial charge is 0.465 e. The van der Waals surface area contributed by atoms with Crippen LogP contribution in [0, 0.1) is 5.92 Å². The van der Waals surface area contributed by atoms with Gasteiger partial charge in [0.05, 0.1) is 25.2 Å². The van der Waals surface area contributed by atoms with Gasteiger partial charge in [-0.2, -0.15) is 0 Å². The van der Waals surface area contributed by atoms with Crippen LogP contribution in [0.2, 0.25) is 0 Å². The number of hydrogen-bond donors (Lipinski definition) is 0. The zero-order chi connectivity index (χ0) is 17.4. The van der Waals surface area contributed by atoms with Gasteiger partial charge in [-0.25, -0.2) is 4.79 Å². The lowest BCUT2D eigenvalue weighted by molar-refractivity contribution is -0.149. The van der Waals surface area contributed by atoms with Crippen molar-refractivity contribution in [1.82, 2.24) is 0 Å². The summed E-state index contributed by atoms with van der Waals surface area (Å²) in [6.07, 6.45) is 8.06. The minimum atomic E-state index is -0.317. The molecule has 0 fully saturated rings. The minimum absolute atomic E-state index is 0.0582. The Morgan fingerprint density at radius 3 is 2.67 bits per heavy atom. The molecule has 1 aliphatic rings. The lowest BCUT2D eigenvalue weighted by Gasteiger charge is -2.23. The van der Waals surface area contributed by atoms with Gasteiger partial charge in [-0.15, -0.1) is 0 Å². The Hall–Kier alpha value is -1.84. The van der Waals surface area contributed by atoms with Crippen molar-refractivity contribution in [2.45, 2.75) is 58.3 Å². The maximum absolute atomic E-state index is 12.2. The summed E-state index contributed by atoms with van der Waals surface area (Å²) >= 11 is 0. The lowest BCUT2D eigenvalue weighted by atomic mass is 9.83. The van der Waals surface area contributed by atoms with E-state index in [0.29, 0.717) is 18.6 Å². The SMILES string of the molecule is CCCCCCCOC(=O)C1CCc2cc(C(=O)OC)ccc2C1. The second kappa shape index (κ2) is 9.45. The number of unbranched alkanes of at least 4 members (excludes halogenated alkanes) is 4. The number of hydrogen-bond acceptors (Lipinski definition) is 4. The zero-order valence-electron chi connectivity index (χ0n) is 14.8. The third-order valence-electron chi connectivity index (χ3n) is 4.68. The van der Waals surface area contributed by atoms with Crippen LogP contribution >= 0.6 is 0 Å². The molecule has 1 aromatic rings. The molecular formula is C20H28O4. The molecule has 0 heterocycles. The number of fused-ring (bicyclic) bond motifs is 1. The molecular weight excluding hydrogens is 304 g/mol.